The molecule has 0 aliphatic carbocycles. The van der Waals surface area contributed by atoms with E-state index in [1.807, 2.05) is 13.8 Å². The third-order valence-corrected chi connectivity index (χ3v) is 4.41. The number of rotatable bonds is 7. The summed E-state index contributed by atoms with van der Waals surface area (Å²) in [5, 5.41) is 20.3. The first-order chi connectivity index (χ1) is 12.5. The lowest BCUT2D eigenvalue weighted by Gasteiger charge is -2.29. The van der Waals surface area contributed by atoms with Crippen molar-refractivity contribution in [1.29, 1.82) is 0 Å². The van der Waals surface area contributed by atoms with E-state index < -0.39 is 23.1 Å². The van der Waals surface area contributed by atoms with Gasteiger partial charge in [0.1, 0.15) is 5.75 Å². The topological polar surface area (TPSA) is 87.1 Å². The van der Waals surface area contributed by atoms with Crippen molar-refractivity contribution < 1.29 is 24.5 Å². The minimum atomic E-state index is -0.755. The molecule has 0 spiro atoms. The zero-order valence-corrected chi connectivity index (χ0v) is 16.7. The van der Waals surface area contributed by atoms with Crippen LogP contribution in [-0.2, 0) is 14.3 Å². The van der Waals surface area contributed by atoms with Crippen LogP contribution in [0.25, 0.3) is 0 Å². The molecule has 27 heavy (non-hydrogen) atoms. The predicted molar refractivity (Wildman–Crippen MR) is 102 cm³/mol. The number of phenolic OH excluding ortho intramolecular Hbond substituents is 1. The van der Waals surface area contributed by atoms with Gasteiger partial charge in [-0.3, -0.25) is 9.59 Å². The standard InChI is InChI=1S/C21H29NO5/c1-13(2)27-11-7-10-22-17(14-8-6-9-15(23)12-14)16(18(24)20(22)26)19(25)21(3,4)5/h6,8-9,12-13,17,23-24H,7,10-11H2,1-5H3. The molecule has 2 N–H and O–H groups in total. The SMILES string of the molecule is CC(C)OCCCN1C(=O)C(O)=C(C(=O)C(C)(C)C)C1c1cccc(O)c1. The molecule has 1 aliphatic heterocycles. The third-order valence-electron chi connectivity index (χ3n) is 4.41. The average Bonchev–Trinajstić information content (AvgIpc) is 2.81. The molecule has 0 aromatic heterocycles. The Bertz CT molecular complexity index is 745. The largest absolute Gasteiger partial charge is 0.508 e. The Morgan fingerprint density at radius 3 is 2.48 bits per heavy atom. The minimum Gasteiger partial charge on any atom is -0.508 e. The molecule has 0 radical (unpaired) electrons. The number of ketones is 1. The number of nitrogens with zero attached hydrogens (tertiary/aromatic N) is 1. The van der Waals surface area contributed by atoms with Crippen molar-refractivity contribution in [2.45, 2.75) is 53.2 Å². The predicted octanol–water partition coefficient (Wildman–Crippen LogP) is 3.52. The molecule has 1 heterocycles. The van der Waals surface area contributed by atoms with E-state index in [0.717, 1.165) is 0 Å². The first-order valence-electron chi connectivity index (χ1n) is 9.23. The van der Waals surface area contributed by atoms with Gasteiger partial charge in [-0.1, -0.05) is 32.9 Å². The van der Waals surface area contributed by atoms with Gasteiger partial charge in [0.2, 0.25) is 0 Å². The number of aliphatic hydroxyl groups is 1. The maximum absolute atomic E-state index is 13.0. The van der Waals surface area contributed by atoms with Crippen LogP contribution in [0.3, 0.4) is 0 Å². The molecule has 1 amide bonds. The van der Waals surface area contributed by atoms with Gasteiger partial charge in [0, 0.05) is 18.6 Å². The van der Waals surface area contributed by atoms with Gasteiger partial charge in [0.05, 0.1) is 17.7 Å². The van der Waals surface area contributed by atoms with Crippen molar-refractivity contribution in [2.75, 3.05) is 13.2 Å². The highest BCUT2D eigenvalue weighted by molar-refractivity contribution is 6.10. The van der Waals surface area contributed by atoms with Gasteiger partial charge in [0.15, 0.2) is 11.5 Å². The molecule has 0 bridgehead atoms. The monoisotopic (exact) mass is 375 g/mol. The van der Waals surface area contributed by atoms with Crippen LogP contribution < -0.4 is 0 Å². The van der Waals surface area contributed by atoms with Crippen LogP contribution in [0, 0.1) is 5.41 Å². The molecule has 1 aliphatic rings. The van der Waals surface area contributed by atoms with Crippen molar-refractivity contribution in [2.24, 2.45) is 5.41 Å². The fourth-order valence-corrected chi connectivity index (χ4v) is 3.12. The number of amides is 1. The number of phenols is 1. The first kappa shape index (κ1) is 21.0. The molecule has 6 nitrogen and oxygen atoms in total. The Kier molecular flexibility index (Phi) is 6.31. The molecule has 148 valence electrons. The number of carbonyl (C=O) groups is 2. The summed E-state index contributed by atoms with van der Waals surface area (Å²) in [4.78, 5) is 27.2. The Balaban J connectivity index is 2.39. The van der Waals surface area contributed by atoms with E-state index in [2.05, 4.69) is 0 Å². The fraction of sp³-hybridized carbons (Fsp3) is 0.524. The average molecular weight is 375 g/mol. The fourth-order valence-electron chi connectivity index (χ4n) is 3.12. The molecule has 0 saturated heterocycles. The van der Waals surface area contributed by atoms with Gasteiger partial charge in [-0.25, -0.2) is 0 Å². The minimum absolute atomic E-state index is 0.0389. The molecule has 1 aromatic carbocycles. The zero-order chi connectivity index (χ0) is 20.4. The van der Waals surface area contributed by atoms with Crippen molar-refractivity contribution in [3.63, 3.8) is 0 Å². The smallest absolute Gasteiger partial charge is 0.290 e. The van der Waals surface area contributed by atoms with Gasteiger partial charge in [-0.15, -0.1) is 0 Å². The highest BCUT2D eigenvalue weighted by Gasteiger charge is 2.45. The number of carbonyl (C=O) groups excluding carboxylic acids is 2. The second-order valence-corrected chi connectivity index (χ2v) is 8.11. The number of aliphatic hydroxyl groups excluding tert-OH is 1. The summed E-state index contributed by atoms with van der Waals surface area (Å²) in [6, 6.07) is 5.71. The van der Waals surface area contributed by atoms with E-state index in [-0.39, 0.29) is 23.2 Å². The molecular formula is C21H29NO5. The number of Topliss-reactive ketones (excluding diaryl/α,β-unsaturated/α-hetero) is 1. The van der Waals surface area contributed by atoms with E-state index >= 15 is 0 Å². The summed E-state index contributed by atoms with van der Waals surface area (Å²) in [5.41, 5.74) is -0.0808. The summed E-state index contributed by atoms with van der Waals surface area (Å²) in [7, 11) is 0. The van der Waals surface area contributed by atoms with E-state index in [1.165, 1.54) is 17.0 Å². The van der Waals surface area contributed by atoms with Crippen LogP contribution in [0.5, 0.6) is 5.75 Å². The summed E-state index contributed by atoms with van der Waals surface area (Å²) < 4.78 is 5.53. The number of hydrogen-bond donors (Lipinski definition) is 2. The number of hydrogen-bond acceptors (Lipinski definition) is 5. The molecule has 1 aromatic rings. The van der Waals surface area contributed by atoms with Gasteiger partial charge < -0.3 is 19.8 Å². The highest BCUT2D eigenvalue weighted by Crippen LogP contribution is 2.41. The zero-order valence-electron chi connectivity index (χ0n) is 16.7. The Hall–Kier alpha value is -2.34. The quantitative estimate of drug-likeness (QED) is 0.712. The Labute approximate surface area is 160 Å². The van der Waals surface area contributed by atoms with Crippen LogP contribution in [0.2, 0.25) is 0 Å². The lowest BCUT2D eigenvalue weighted by molar-refractivity contribution is -0.129. The molecule has 6 heteroatoms. The van der Waals surface area contributed by atoms with E-state index in [1.54, 1.807) is 32.9 Å². The van der Waals surface area contributed by atoms with Crippen LogP contribution in [0.15, 0.2) is 35.6 Å². The number of benzene rings is 1. The lowest BCUT2D eigenvalue weighted by atomic mass is 9.82. The summed E-state index contributed by atoms with van der Waals surface area (Å²) >= 11 is 0. The van der Waals surface area contributed by atoms with Gasteiger partial charge in [0.25, 0.3) is 5.91 Å². The van der Waals surface area contributed by atoms with Gasteiger partial charge in [-0.2, -0.15) is 0 Å². The van der Waals surface area contributed by atoms with E-state index in [0.29, 0.717) is 25.1 Å². The van der Waals surface area contributed by atoms with E-state index in [9.17, 15) is 19.8 Å². The maximum Gasteiger partial charge on any atom is 0.290 e. The van der Waals surface area contributed by atoms with E-state index in [4.69, 9.17) is 4.74 Å². The Morgan fingerprint density at radius 2 is 1.93 bits per heavy atom. The summed E-state index contributed by atoms with van der Waals surface area (Å²) in [6.45, 7) is 9.92. The van der Waals surface area contributed by atoms with Crippen LogP contribution in [0.1, 0.15) is 52.6 Å². The molecule has 1 atom stereocenters. The molecule has 2 rings (SSSR count). The normalized spacial score (nSPS) is 17.9. The Morgan fingerprint density at radius 1 is 1.26 bits per heavy atom. The maximum atomic E-state index is 13.0. The van der Waals surface area contributed by atoms with Crippen molar-refractivity contribution in [3.05, 3.63) is 41.2 Å². The van der Waals surface area contributed by atoms with Crippen LogP contribution in [0.4, 0.5) is 0 Å². The molecule has 0 fully saturated rings. The molecule has 0 saturated carbocycles. The highest BCUT2D eigenvalue weighted by atomic mass is 16.5. The summed E-state index contributed by atoms with van der Waals surface area (Å²) in [5.74, 6) is -1.33. The number of aromatic hydroxyl groups is 1. The van der Waals surface area contributed by atoms with Crippen molar-refractivity contribution >= 4 is 11.7 Å². The number of ether oxygens (including phenoxy) is 1. The van der Waals surface area contributed by atoms with Crippen LogP contribution >= 0.6 is 0 Å². The van der Waals surface area contributed by atoms with Crippen molar-refractivity contribution in [3.8, 4) is 5.75 Å². The van der Waals surface area contributed by atoms with Gasteiger partial charge in [-0.05, 0) is 38.0 Å². The first-order valence-corrected chi connectivity index (χ1v) is 9.23. The van der Waals surface area contributed by atoms with Crippen LogP contribution in [-0.4, -0.2) is 46.1 Å². The van der Waals surface area contributed by atoms with Gasteiger partial charge >= 0.3 is 0 Å². The summed E-state index contributed by atoms with van der Waals surface area (Å²) in [6.07, 6.45) is 0.662. The second-order valence-electron chi connectivity index (χ2n) is 8.11. The lowest BCUT2D eigenvalue weighted by Crippen LogP contribution is -2.34. The second kappa shape index (κ2) is 8.13. The van der Waals surface area contributed by atoms with Crippen molar-refractivity contribution in [1.82, 2.24) is 4.90 Å². The molecular weight excluding hydrogens is 346 g/mol. The molecule has 1 unspecified atom stereocenters. The third kappa shape index (κ3) is 4.69.